The van der Waals surface area contributed by atoms with Gasteiger partial charge in [-0.05, 0) is 50.3 Å². The Hall–Kier alpha value is -2.22. The molecule has 0 saturated heterocycles. The molecule has 0 unspecified atom stereocenters. The van der Waals surface area contributed by atoms with Crippen molar-refractivity contribution in [1.29, 1.82) is 0 Å². The Labute approximate surface area is 159 Å². The second-order valence-electron chi connectivity index (χ2n) is 6.61. The first-order valence-corrected chi connectivity index (χ1v) is 9.40. The lowest BCUT2D eigenvalue weighted by Gasteiger charge is -2.29. The van der Waals surface area contributed by atoms with Gasteiger partial charge in [0.15, 0.2) is 11.5 Å². The zero-order valence-corrected chi connectivity index (χ0v) is 15.9. The van der Waals surface area contributed by atoms with Crippen LogP contribution in [0.2, 0.25) is 0 Å². The van der Waals surface area contributed by atoms with E-state index in [0.717, 1.165) is 25.7 Å². The van der Waals surface area contributed by atoms with Gasteiger partial charge < -0.3 is 24.8 Å². The monoisotopic (exact) mass is 422 g/mol. The number of carbonyl (C=O) groups is 2. The van der Waals surface area contributed by atoms with Gasteiger partial charge in [0.2, 0.25) is 6.79 Å². The quantitative estimate of drug-likeness (QED) is 0.729. The lowest BCUT2D eigenvalue weighted by molar-refractivity contribution is -0.144. The van der Waals surface area contributed by atoms with Crippen molar-refractivity contribution in [3.63, 3.8) is 0 Å². The molecule has 4 rings (SSSR count). The van der Waals surface area contributed by atoms with E-state index in [4.69, 9.17) is 14.2 Å². The maximum Gasteiger partial charge on any atom is 0.338 e. The van der Waals surface area contributed by atoms with Crippen LogP contribution in [0.25, 0.3) is 0 Å². The van der Waals surface area contributed by atoms with Gasteiger partial charge >= 0.3 is 12.0 Å². The lowest BCUT2D eigenvalue weighted by Crippen LogP contribution is -2.45. The number of nitrogens with one attached hydrogen (secondary N) is 2. The van der Waals surface area contributed by atoms with Crippen molar-refractivity contribution in [2.45, 2.75) is 44.8 Å². The van der Waals surface area contributed by atoms with Gasteiger partial charge in [0.25, 0.3) is 0 Å². The Morgan fingerprint density at radius 3 is 2.65 bits per heavy atom. The number of urea groups is 1. The predicted molar refractivity (Wildman–Crippen MR) is 95.7 cm³/mol. The first-order valence-electron chi connectivity index (χ1n) is 8.61. The summed E-state index contributed by atoms with van der Waals surface area (Å²) >= 11 is 3.51. The number of hydrogen-bond acceptors (Lipinski definition) is 5. The highest BCUT2D eigenvalue weighted by Crippen LogP contribution is 2.41. The Morgan fingerprint density at radius 2 is 1.92 bits per heavy atom. The van der Waals surface area contributed by atoms with Crippen LogP contribution >= 0.6 is 15.9 Å². The number of allylic oxidation sites excluding steroid dienone is 1. The van der Waals surface area contributed by atoms with Gasteiger partial charge in [-0.1, -0.05) is 15.9 Å². The van der Waals surface area contributed by atoms with Gasteiger partial charge in [-0.15, -0.1) is 0 Å². The van der Waals surface area contributed by atoms with E-state index in [1.807, 2.05) is 0 Å². The van der Waals surface area contributed by atoms with Crippen molar-refractivity contribution in [1.82, 2.24) is 10.6 Å². The first-order chi connectivity index (χ1) is 12.5. The van der Waals surface area contributed by atoms with Crippen LogP contribution in [-0.2, 0) is 9.53 Å². The van der Waals surface area contributed by atoms with E-state index in [1.165, 1.54) is 0 Å². The molecule has 3 aliphatic rings. The fourth-order valence-electron chi connectivity index (χ4n) is 3.57. The normalized spacial score (nSPS) is 22.2. The number of fused-ring (bicyclic) bond motifs is 1. The molecule has 138 valence electrons. The topological polar surface area (TPSA) is 85.9 Å². The molecule has 0 radical (unpaired) electrons. The van der Waals surface area contributed by atoms with E-state index < -0.39 is 12.0 Å². The third kappa shape index (κ3) is 3.13. The molecule has 1 saturated carbocycles. The predicted octanol–water partition coefficient (Wildman–Crippen LogP) is 3.29. The second kappa shape index (κ2) is 6.83. The molecule has 1 aromatic rings. The summed E-state index contributed by atoms with van der Waals surface area (Å²) in [5, 5.41) is 5.48. The molecule has 1 fully saturated rings. The molecular weight excluding hydrogens is 404 g/mol. The number of benzene rings is 1. The van der Waals surface area contributed by atoms with E-state index in [9.17, 15) is 9.59 Å². The molecule has 0 bridgehead atoms. The fraction of sp³-hybridized carbons (Fsp3) is 0.444. The highest BCUT2D eigenvalue weighted by Gasteiger charge is 2.35. The van der Waals surface area contributed by atoms with Crippen molar-refractivity contribution >= 4 is 27.9 Å². The summed E-state index contributed by atoms with van der Waals surface area (Å²) in [6.45, 7) is 1.85. The van der Waals surface area contributed by atoms with Gasteiger partial charge in [-0.3, -0.25) is 0 Å². The Bertz CT molecular complexity index is 801. The van der Waals surface area contributed by atoms with Crippen molar-refractivity contribution in [3.8, 4) is 11.5 Å². The number of halogens is 1. The van der Waals surface area contributed by atoms with Crippen LogP contribution in [0.1, 0.15) is 44.2 Å². The molecule has 7 nitrogen and oxygen atoms in total. The second-order valence-corrected chi connectivity index (χ2v) is 7.46. The van der Waals surface area contributed by atoms with Gasteiger partial charge in [0, 0.05) is 10.2 Å². The molecule has 26 heavy (non-hydrogen) atoms. The molecule has 8 heteroatoms. The van der Waals surface area contributed by atoms with Crippen LogP contribution in [0.5, 0.6) is 11.5 Å². The lowest BCUT2D eigenvalue weighted by atomic mass is 9.95. The van der Waals surface area contributed by atoms with Gasteiger partial charge in [-0.2, -0.15) is 0 Å². The van der Waals surface area contributed by atoms with E-state index in [-0.39, 0.29) is 18.9 Å². The Morgan fingerprint density at radius 1 is 1.23 bits per heavy atom. The number of amides is 2. The minimum atomic E-state index is -0.637. The van der Waals surface area contributed by atoms with Crippen molar-refractivity contribution in [2.24, 2.45) is 0 Å². The van der Waals surface area contributed by atoms with E-state index in [1.54, 1.807) is 19.1 Å². The molecular formula is C18H19BrN2O5. The molecule has 1 aromatic carbocycles. The summed E-state index contributed by atoms with van der Waals surface area (Å²) in [6.07, 6.45) is 3.86. The third-order valence-electron chi connectivity index (χ3n) is 4.87. The van der Waals surface area contributed by atoms with Crippen LogP contribution in [0.3, 0.4) is 0 Å². The first kappa shape index (κ1) is 17.2. The molecule has 1 atom stereocenters. The zero-order valence-electron chi connectivity index (χ0n) is 14.3. The molecule has 0 aromatic heterocycles. The standard InChI is InChI=1S/C18H19BrN2O5/c1-9-15(17(22)26-10-4-2-3-5-10)16(21-18(23)20-9)11-6-13-14(7-12(11)19)25-8-24-13/h6-7,10,16H,2-5,8H2,1H3,(H2,20,21,23)/t16-/m0/s1. The van der Waals surface area contributed by atoms with Crippen molar-refractivity contribution in [2.75, 3.05) is 6.79 Å². The number of esters is 1. The van der Waals surface area contributed by atoms with Crippen molar-refractivity contribution < 1.29 is 23.8 Å². The van der Waals surface area contributed by atoms with Gasteiger partial charge in [-0.25, -0.2) is 9.59 Å². The van der Waals surface area contributed by atoms with Crippen LogP contribution in [0.4, 0.5) is 4.79 Å². The van der Waals surface area contributed by atoms with Crippen LogP contribution in [-0.4, -0.2) is 24.9 Å². The molecule has 2 amide bonds. The van der Waals surface area contributed by atoms with Crippen LogP contribution < -0.4 is 20.1 Å². The van der Waals surface area contributed by atoms with Gasteiger partial charge in [0.05, 0.1) is 11.6 Å². The Kier molecular flexibility index (Phi) is 4.52. The smallest absolute Gasteiger partial charge is 0.338 e. The Balaban J connectivity index is 1.69. The largest absolute Gasteiger partial charge is 0.459 e. The van der Waals surface area contributed by atoms with Gasteiger partial charge in [0.1, 0.15) is 6.10 Å². The van der Waals surface area contributed by atoms with E-state index >= 15 is 0 Å². The number of ether oxygens (including phenoxy) is 3. The average Bonchev–Trinajstić information content (AvgIpc) is 3.24. The highest BCUT2D eigenvalue weighted by molar-refractivity contribution is 9.10. The van der Waals surface area contributed by atoms with Crippen LogP contribution in [0.15, 0.2) is 27.9 Å². The minimum Gasteiger partial charge on any atom is -0.459 e. The average molecular weight is 423 g/mol. The maximum absolute atomic E-state index is 12.9. The maximum atomic E-state index is 12.9. The number of hydrogen-bond donors (Lipinski definition) is 2. The highest BCUT2D eigenvalue weighted by atomic mass is 79.9. The van der Waals surface area contributed by atoms with Crippen molar-refractivity contribution in [3.05, 3.63) is 33.4 Å². The summed E-state index contributed by atoms with van der Waals surface area (Å²) in [4.78, 5) is 24.9. The summed E-state index contributed by atoms with van der Waals surface area (Å²) in [5.74, 6) is 0.797. The summed E-state index contributed by atoms with van der Waals surface area (Å²) in [6, 6.07) is 2.55. The molecule has 0 spiro atoms. The summed E-state index contributed by atoms with van der Waals surface area (Å²) in [7, 11) is 0. The van der Waals surface area contributed by atoms with E-state index in [0.29, 0.717) is 32.8 Å². The summed E-state index contributed by atoms with van der Waals surface area (Å²) in [5.41, 5.74) is 1.60. The molecule has 2 heterocycles. The molecule has 1 aliphatic carbocycles. The number of carbonyl (C=O) groups excluding carboxylic acids is 2. The minimum absolute atomic E-state index is 0.0544. The fourth-order valence-corrected chi connectivity index (χ4v) is 4.12. The summed E-state index contributed by atoms with van der Waals surface area (Å²) < 4.78 is 17.2. The van der Waals surface area contributed by atoms with E-state index in [2.05, 4.69) is 26.6 Å². The number of rotatable bonds is 3. The van der Waals surface area contributed by atoms with Crippen LogP contribution in [0, 0.1) is 0 Å². The molecule has 2 aliphatic heterocycles. The molecule has 2 N–H and O–H groups in total. The SMILES string of the molecule is CC1=C(C(=O)OC2CCCC2)[C@H](c2cc3c(cc2Br)OCO3)NC(=O)N1. The third-order valence-corrected chi connectivity index (χ3v) is 5.55. The zero-order chi connectivity index (χ0) is 18.3.